The number of ether oxygens (including phenoxy) is 1. The molecule has 6 nitrogen and oxygen atoms in total. The molecule has 0 heterocycles. The lowest BCUT2D eigenvalue weighted by Gasteiger charge is -2.11. The highest BCUT2D eigenvalue weighted by atomic mass is 16.5. The van der Waals surface area contributed by atoms with E-state index in [4.69, 9.17) is 4.74 Å². The van der Waals surface area contributed by atoms with Gasteiger partial charge in [-0.05, 0) is 66.9 Å². The van der Waals surface area contributed by atoms with Crippen molar-refractivity contribution in [3.8, 4) is 5.75 Å². The van der Waals surface area contributed by atoms with E-state index in [1.165, 1.54) is 0 Å². The number of benzene rings is 3. The third kappa shape index (κ3) is 8.53. The van der Waals surface area contributed by atoms with Gasteiger partial charge in [0.25, 0.3) is 0 Å². The predicted octanol–water partition coefficient (Wildman–Crippen LogP) is 5.26. The molecular weight excluding hydrogens is 414 g/mol. The minimum absolute atomic E-state index is 0.0697. The Labute approximate surface area is 194 Å². The normalized spacial score (nSPS) is 10.2. The van der Waals surface area contributed by atoms with E-state index in [2.05, 4.69) is 22.5 Å². The number of hydrogen-bond acceptors (Lipinski definition) is 4. The Morgan fingerprint density at radius 1 is 0.818 bits per heavy atom. The first-order valence-electron chi connectivity index (χ1n) is 10.8. The molecule has 0 radical (unpaired) electrons. The molecule has 0 atom stereocenters. The van der Waals surface area contributed by atoms with Crippen LogP contribution in [0.5, 0.6) is 5.75 Å². The molecule has 3 aromatic rings. The number of carbonyl (C=O) groups is 2. The fourth-order valence-electron chi connectivity index (χ4n) is 3.06. The Morgan fingerprint density at radius 2 is 1.48 bits per heavy atom. The number of anilines is 3. The molecule has 170 valence electrons. The van der Waals surface area contributed by atoms with Crippen molar-refractivity contribution in [1.82, 2.24) is 0 Å². The first-order valence-corrected chi connectivity index (χ1v) is 10.8. The molecule has 0 aliphatic rings. The van der Waals surface area contributed by atoms with Crippen molar-refractivity contribution in [2.24, 2.45) is 0 Å². The molecule has 33 heavy (non-hydrogen) atoms. The molecule has 0 aliphatic carbocycles. The van der Waals surface area contributed by atoms with Gasteiger partial charge in [0, 0.05) is 23.5 Å². The largest absolute Gasteiger partial charge is 0.489 e. The van der Waals surface area contributed by atoms with Gasteiger partial charge in [0.15, 0.2) is 0 Å². The van der Waals surface area contributed by atoms with Gasteiger partial charge in [0.1, 0.15) is 12.4 Å². The molecule has 2 amide bonds. The first-order chi connectivity index (χ1) is 16.0. The monoisotopic (exact) mass is 443 g/mol. The number of hydrogen-bond donors (Lipinski definition) is 3. The van der Waals surface area contributed by atoms with Gasteiger partial charge >= 0.3 is 0 Å². The second-order valence-corrected chi connectivity index (χ2v) is 7.79. The molecular formula is C27H29N3O3. The molecule has 0 unspecified atom stereocenters. The zero-order chi connectivity index (χ0) is 23.5. The summed E-state index contributed by atoms with van der Waals surface area (Å²) >= 11 is 0. The van der Waals surface area contributed by atoms with E-state index in [0.717, 1.165) is 22.6 Å². The number of nitrogens with one attached hydrogen (secondary N) is 3. The van der Waals surface area contributed by atoms with Crippen molar-refractivity contribution in [3.63, 3.8) is 0 Å². The van der Waals surface area contributed by atoms with E-state index < -0.39 is 0 Å². The van der Waals surface area contributed by atoms with Crippen LogP contribution < -0.4 is 20.7 Å². The van der Waals surface area contributed by atoms with Crippen LogP contribution in [-0.4, -0.2) is 25.0 Å². The predicted molar refractivity (Wildman–Crippen MR) is 134 cm³/mol. The first kappa shape index (κ1) is 23.6. The summed E-state index contributed by atoms with van der Waals surface area (Å²) in [4.78, 5) is 24.6. The smallest absolute Gasteiger partial charge is 0.243 e. The number of amides is 2. The maximum Gasteiger partial charge on any atom is 0.243 e. The van der Waals surface area contributed by atoms with Gasteiger partial charge in [-0.2, -0.15) is 0 Å². The summed E-state index contributed by atoms with van der Waals surface area (Å²) in [6, 6.07) is 24.4. The Bertz CT molecular complexity index is 1080. The Hall–Kier alpha value is -4.06. The van der Waals surface area contributed by atoms with Crippen molar-refractivity contribution >= 4 is 28.9 Å². The van der Waals surface area contributed by atoms with Crippen molar-refractivity contribution in [2.75, 3.05) is 29.1 Å². The average Bonchev–Trinajstić information content (AvgIpc) is 2.81. The van der Waals surface area contributed by atoms with Crippen LogP contribution in [0.1, 0.15) is 18.9 Å². The van der Waals surface area contributed by atoms with Crippen molar-refractivity contribution in [2.45, 2.75) is 19.8 Å². The third-order valence-electron chi connectivity index (χ3n) is 4.71. The van der Waals surface area contributed by atoms with Gasteiger partial charge in [0.05, 0.1) is 6.54 Å². The summed E-state index contributed by atoms with van der Waals surface area (Å²) in [7, 11) is 0. The van der Waals surface area contributed by atoms with Crippen LogP contribution in [0.25, 0.3) is 0 Å². The Kier molecular flexibility index (Phi) is 8.65. The number of carbonyl (C=O) groups excluding carboxylic acids is 2. The zero-order valence-corrected chi connectivity index (χ0v) is 18.8. The molecule has 0 aliphatic heterocycles. The highest BCUT2D eigenvalue weighted by Crippen LogP contribution is 2.17. The van der Waals surface area contributed by atoms with E-state index >= 15 is 0 Å². The molecule has 0 saturated carbocycles. The van der Waals surface area contributed by atoms with Crippen LogP contribution in [0.2, 0.25) is 0 Å². The van der Waals surface area contributed by atoms with Crippen molar-refractivity contribution in [1.29, 1.82) is 0 Å². The summed E-state index contributed by atoms with van der Waals surface area (Å²) in [5.74, 6) is 0.487. The second-order valence-electron chi connectivity index (χ2n) is 7.79. The molecule has 3 rings (SSSR count). The van der Waals surface area contributed by atoms with Crippen LogP contribution in [-0.2, 0) is 16.0 Å². The maximum atomic E-state index is 12.3. The molecule has 0 saturated heterocycles. The Morgan fingerprint density at radius 3 is 2.15 bits per heavy atom. The standard InChI is InChI=1S/C27H29N3O3/c1-20(2)19-33-25-14-12-22(13-15-25)28-18-27(32)30-24-10-6-9-23(17-24)29-26(31)16-11-21-7-4-3-5-8-21/h3-10,12-15,17,28H,1,11,16,18-19H2,2H3,(H,29,31)(H,30,32). The fourth-order valence-corrected chi connectivity index (χ4v) is 3.06. The number of rotatable bonds is 11. The van der Waals surface area contributed by atoms with Gasteiger partial charge in [-0.25, -0.2) is 0 Å². The summed E-state index contributed by atoms with van der Waals surface area (Å²) in [6.07, 6.45) is 1.07. The van der Waals surface area contributed by atoms with Crippen LogP contribution >= 0.6 is 0 Å². The fraction of sp³-hybridized carbons (Fsp3) is 0.185. The minimum Gasteiger partial charge on any atom is -0.489 e. The Balaban J connectivity index is 1.44. The van der Waals surface area contributed by atoms with E-state index in [1.807, 2.05) is 61.5 Å². The van der Waals surface area contributed by atoms with Gasteiger partial charge in [-0.1, -0.05) is 43.0 Å². The lowest BCUT2D eigenvalue weighted by atomic mass is 10.1. The summed E-state index contributed by atoms with van der Waals surface area (Å²) in [5.41, 5.74) is 4.14. The lowest BCUT2D eigenvalue weighted by Crippen LogP contribution is -2.21. The third-order valence-corrected chi connectivity index (χ3v) is 4.71. The van der Waals surface area contributed by atoms with E-state index in [9.17, 15) is 9.59 Å². The van der Waals surface area contributed by atoms with Gasteiger partial charge < -0.3 is 20.7 Å². The molecule has 0 fully saturated rings. The van der Waals surface area contributed by atoms with Crippen LogP contribution in [0.4, 0.5) is 17.1 Å². The SMILES string of the molecule is C=C(C)COc1ccc(NCC(=O)Nc2cccc(NC(=O)CCc3ccccc3)c2)cc1. The van der Waals surface area contributed by atoms with Crippen molar-refractivity contribution < 1.29 is 14.3 Å². The molecule has 0 spiro atoms. The average molecular weight is 444 g/mol. The maximum absolute atomic E-state index is 12.3. The quantitative estimate of drug-likeness (QED) is 0.353. The molecule has 6 heteroatoms. The van der Waals surface area contributed by atoms with E-state index in [-0.39, 0.29) is 18.4 Å². The van der Waals surface area contributed by atoms with Crippen molar-refractivity contribution in [3.05, 3.63) is 96.6 Å². The number of aryl methyl sites for hydroxylation is 1. The van der Waals surface area contributed by atoms with Crippen LogP contribution in [0.15, 0.2) is 91.0 Å². The van der Waals surface area contributed by atoms with Gasteiger partial charge in [-0.3, -0.25) is 9.59 Å². The lowest BCUT2D eigenvalue weighted by molar-refractivity contribution is -0.116. The second kappa shape index (κ2) is 12.1. The molecule has 0 aromatic heterocycles. The molecule has 3 aromatic carbocycles. The minimum atomic E-state index is -0.190. The van der Waals surface area contributed by atoms with E-state index in [1.54, 1.807) is 24.3 Å². The van der Waals surface area contributed by atoms with Crippen LogP contribution in [0.3, 0.4) is 0 Å². The summed E-state index contributed by atoms with van der Waals surface area (Å²) < 4.78 is 5.57. The zero-order valence-electron chi connectivity index (χ0n) is 18.8. The molecule has 0 bridgehead atoms. The highest BCUT2D eigenvalue weighted by molar-refractivity contribution is 5.95. The highest BCUT2D eigenvalue weighted by Gasteiger charge is 2.06. The van der Waals surface area contributed by atoms with Crippen LogP contribution in [0, 0.1) is 0 Å². The van der Waals surface area contributed by atoms with Gasteiger partial charge in [0.2, 0.25) is 11.8 Å². The van der Waals surface area contributed by atoms with Gasteiger partial charge in [-0.15, -0.1) is 0 Å². The molecule has 3 N–H and O–H groups in total. The van der Waals surface area contributed by atoms with E-state index in [0.29, 0.717) is 30.8 Å². The summed E-state index contributed by atoms with van der Waals surface area (Å²) in [6.45, 7) is 6.30. The summed E-state index contributed by atoms with van der Waals surface area (Å²) in [5, 5.41) is 8.80. The topological polar surface area (TPSA) is 79.5 Å².